The van der Waals surface area contributed by atoms with Gasteiger partial charge in [-0.1, -0.05) is 11.8 Å². The maximum atomic E-state index is 13.0. The lowest BCUT2D eigenvalue weighted by atomic mass is 10.2. The minimum Gasteiger partial charge on any atom is -0.431 e. The minimum absolute atomic E-state index is 0.0318. The van der Waals surface area contributed by atoms with E-state index in [9.17, 15) is 14.0 Å². The predicted molar refractivity (Wildman–Crippen MR) is 98.8 cm³/mol. The van der Waals surface area contributed by atoms with E-state index in [0.717, 1.165) is 10.4 Å². The molecule has 5 nitrogen and oxygen atoms in total. The number of ketones is 1. The lowest BCUT2D eigenvalue weighted by Crippen LogP contribution is -2.18. The van der Waals surface area contributed by atoms with Gasteiger partial charge in [-0.3, -0.25) is 9.59 Å². The second-order valence-corrected chi connectivity index (χ2v) is 7.48. The highest BCUT2D eigenvalue weighted by Crippen LogP contribution is 2.27. The van der Waals surface area contributed by atoms with Crippen LogP contribution in [-0.2, 0) is 11.3 Å². The van der Waals surface area contributed by atoms with Crippen LogP contribution in [0.25, 0.3) is 11.3 Å². The quantitative estimate of drug-likeness (QED) is 0.485. The molecule has 1 amide bonds. The van der Waals surface area contributed by atoms with Crippen LogP contribution in [0.5, 0.6) is 0 Å². The van der Waals surface area contributed by atoms with Gasteiger partial charge in [-0.05, 0) is 36.4 Å². The second-order valence-electron chi connectivity index (χ2n) is 5.38. The highest BCUT2D eigenvalue weighted by Gasteiger charge is 2.13. The molecule has 3 aromatic rings. The van der Waals surface area contributed by atoms with E-state index in [0.29, 0.717) is 22.4 Å². The van der Waals surface area contributed by atoms with E-state index < -0.39 is 0 Å². The largest absolute Gasteiger partial charge is 0.431 e. The van der Waals surface area contributed by atoms with Crippen molar-refractivity contribution in [3.05, 3.63) is 58.2 Å². The zero-order valence-electron chi connectivity index (χ0n) is 13.8. The first-order valence-corrected chi connectivity index (χ1v) is 9.52. The van der Waals surface area contributed by atoms with E-state index in [1.54, 1.807) is 24.4 Å². The maximum Gasteiger partial charge on any atom is 0.256 e. The summed E-state index contributed by atoms with van der Waals surface area (Å²) < 4.78 is 18.6. The van der Waals surface area contributed by atoms with Gasteiger partial charge in [0.2, 0.25) is 5.91 Å². The van der Waals surface area contributed by atoms with E-state index in [1.165, 1.54) is 42.2 Å². The molecule has 2 heterocycles. The molecular formula is C18H15FN2O3S2. The average Bonchev–Trinajstić information content (AvgIpc) is 3.28. The summed E-state index contributed by atoms with van der Waals surface area (Å²) in [5.41, 5.74) is 0.720. The van der Waals surface area contributed by atoms with Gasteiger partial charge < -0.3 is 9.73 Å². The number of hydrogen-bond donors (Lipinski definition) is 1. The SMILES string of the molecule is CC(=O)NCc1ccc(C(=O)CSc2ncc(-c3ccc(F)cc3)o2)s1. The van der Waals surface area contributed by atoms with E-state index in [2.05, 4.69) is 10.3 Å². The number of thioether (sulfide) groups is 1. The molecule has 0 radical (unpaired) electrons. The molecule has 0 saturated carbocycles. The van der Waals surface area contributed by atoms with Crippen LogP contribution in [0.3, 0.4) is 0 Å². The predicted octanol–water partition coefficient (Wildman–Crippen LogP) is 4.15. The van der Waals surface area contributed by atoms with Gasteiger partial charge in [0.05, 0.1) is 23.4 Å². The number of rotatable bonds is 7. The van der Waals surface area contributed by atoms with Gasteiger partial charge in [0.15, 0.2) is 11.5 Å². The molecular weight excluding hydrogens is 375 g/mol. The van der Waals surface area contributed by atoms with Crippen molar-refractivity contribution in [2.45, 2.75) is 18.7 Å². The van der Waals surface area contributed by atoms with Crippen molar-refractivity contribution in [2.24, 2.45) is 0 Å². The molecule has 8 heteroatoms. The number of amides is 1. The zero-order chi connectivity index (χ0) is 18.5. The third-order valence-electron chi connectivity index (χ3n) is 3.39. The van der Waals surface area contributed by atoms with Crippen molar-refractivity contribution in [2.75, 3.05) is 5.75 Å². The number of thiophene rings is 1. The molecule has 0 aliphatic carbocycles. The van der Waals surface area contributed by atoms with Gasteiger partial charge in [-0.2, -0.15) is 0 Å². The van der Waals surface area contributed by atoms with E-state index in [-0.39, 0.29) is 23.3 Å². The van der Waals surface area contributed by atoms with Crippen LogP contribution in [-0.4, -0.2) is 22.4 Å². The van der Waals surface area contributed by atoms with Gasteiger partial charge in [-0.15, -0.1) is 11.3 Å². The maximum absolute atomic E-state index is 13.0. The summed E-state index contributed by atoms with van der Waals surface area (Å²) in [7, 11) is 0. The van der Waals surface area contributed by atoms with E-state index in [4.69, 9.17) is 4.42 Å². The molecule has 2 aromatic heterocycles. The normalized spacial score (nSPS) is 10.7. The van der Waals surface area contributed by atoms with Crippen molar-refractivity contribution in [3.8, 4) is 11.3 Å². The topological polar surface area (TPSA) is 72.2 Å². The van der Waals surface area contributed by atoms with E-state index >= 15 is 0 Å². The van der Waals surface area contributed by atoms with Crippen molar-refractivity contribution in [1.82, 2.24) is 10.3 Å². The summed E-state index contributed by atoms with van der Waals surface area (Å²) in [6.45, 7) is 1.87. The van der Waals surface area contributed by atoms with Gasteiger partial charge in [-0.25, -0.2) is 9.37 Å². The van der Waals surface area contributed by atoms with Gasteiger partial charge in [0, 0.05) is 17.4 Å². The highest BCUT2D eigenvalue weighted by atomic mass is 32.2. The molecule has 1 aromatic carbocycles. The fourth-order valence-corrected chi connectivity index (χ4v) is 3.77. The fraction of sp³-hybridized carbons (Fsp3) is 0.167. The Hall–Kier alpha value is -2.45. The molecule has 26 heavy (non-hydrogen) atoms. The van der Waals surface area contributed by atoms with Gasteiger partial charge >= 0.3 is 0 Å². The van der Waals surface area contributed by atoms with Gasteiger partial charge in [0.1, 0.15) is 5.82 Å². The Morgan fingerprint density at radius 2 is 2.00 bits per heavy atom. The Bertz CT molecular complexity index is 919. The minimum atomic E-state index is -0.317. The first-order valence-electron chi connectivity index (χ1n) is 7.72. The Morgan fingerprint density at radius 3 is 2.73 bits per heavy atom. The monoisotopic (exact) mass is 390 g/mol. The van der Waals surface area contributed by atoms with Crippen LogP contribution >= 0.6 is 23.1 Å². The molecule has 0 atom stereocenters. The molecule has 0 aliphatic heterocycles. The number of halogens is 1. The number of nitrogens with zero attached hydrogens (tertiary/aromatic N) is 1. The van der Waals surface area contributed by atoms with Crippen LogP contribution in [0.15, 0.2) is 52.2 Å². The molecule has 0 fully saturated rings. The summed E-state index contributed by atoms with van der Waals surface area (Å²) >= 11 is 2.56. The third kappa shape index (κ3) is 4.80. The average molecular weight is 390 g/mol. The first kappa shape index (κ1) is 18.3. The van der Waals surface area contributed by atoms with Crippen molar-refractivity contribution < 1.29 is 18.4 Å². The van der Waals surface area contributed by atoms with E-state index in [1.807, 2.05) is 6.07 Å². The fourth-order valence-electron chi connectivity index (χ4n) is 2.11. The molecule has 0 saturated heterocycles. The third-order valence-corrected chi connectivity index (χ3v) is 5.36. The smallest absolute Gasteiger partial charge is 0.256 e. The molecule has 3 rings (SSSR count). The highest BCUT2D eigenvalue weighted by molar-refractivity contribution is 7.99. The molecule has 0 aliphatic rings. The summed E-state index contributed by atoms with van der Waals surface area (Å²) in [5, 5.41) is 3.08. The number of carbonyl (C=O) groups excluding carboxylic acids is 2. The lowest BCUT2D eigenvalue weighted by Gasteiger charge is -1.98. The zero-order valence-corrected chi connectivity index (χ0v) is 15.5. The number of Topliss-reactive ketones (excluding diaryl/α,β-unsaturated/α-hetero) is 1. The van der Waals surface area contributed by atoms with Crippen molar-refractivity contribution in [1.29, 1.82) is 0 Å². The number of nitrogens with one attached hydrogen (secondary N) is 1. The van der Waals surface area contributed by atoms with Crippen LogP contribution in [0.1, 0.15) is 21.5 Å². The van der Waals surface area contributed by atoms with Crippen LogP contribution in [0.2, 0.25) is 0 Å². The van der Waals surface area contributed by atoms with Crippen LogP contribution in [0.4, 0.5) is 4.39 Å². The second kappa shape index (κ2) is 8.29. The van der Waals surface area contributed by atoms with Crippen molar-refractivity contribution >= 4 is 34.8 Å². The Morgan fingerprint density at radius 1 is 1.23 bits per heavy atom. The van der Waals surface area contributed by atoms with Crippen molar-refractivity contribution in [3.63, 3.8) is 0 Å². The Balaban J connectivity index is 1.56. The Kier molecular flexibility index (Phi) is 5.85. The summed E-state index contributed by atoms with van der Waals surface area (Å²) in [6, 6.07) is 9.50. The number of carbonyl (C=O) groups is 2. The number of oxazole rings is 1. The summed E-state index contributed by atoms with van der Waals surface area (Å²) in [4.78, 5) is 28.9. The van der Waals surface area contributed by atoms with Gasteiger partial charge in [0.25, 0.3) is 5.22 Å². The first-order chi connectivity index (χ1) is 12.5. The number of aromatic nitrogens is 1. The summed E-state index contributed by atoms with van der Waals surface area (Å²) in [6.07, 6.45) is 1.55. The standard InChI is InChI=1S/C18H15FN2O3S2/c1-11(22)20-8-14-6-7-17(26-14)15(23)10-25-18-21-9-16(24-18)12-2-4-13(19)5-3-12/h2-7,9H,8,10H2,1H3,(H,20,22). The Labute approximate surface area is 157 Å². The molecule has 134 valence electrons. The molecule has 0 bridgehead atoms. The molecule has 0 spiro atoms. The van der Waals surface area contributed by atoms with Crippen LogP contribution < -0.4 is 5.32 Å². The molecule has 0 unspecified atom stereocenters. The lowest BCUT2D eigenvalue weighted by molar-refractivity contribution is -0.119. The number of hydrogen-bond acceptors (Lipinski definition) is 6. The molecule has 1 N–H and O–H groups in total. The number of benzene rings is 1. The van der Waals surface area contributed by atoms with Crippen LogP contribution in [0, 0.1) is 5.82 Å². The summed E-state index contributed by atoms with van der Waals surface area (Å²) in [5.74, 6) is 0.262.